The molecule has 0 unspecified atom stereocenters. The van der Waals surface area contributed by atoms with E-state index in [-0.39, 0.29) is 0 Å². The Morgan fingerprint density at radius 2 is 1.88 bits per heavy atom. The van der Waals surface area contributed by atoms with Crippen LogP contribution in [0.1, 0.15) is 50.6 Å². The van der Waals surface area contributed by atoms with Gasteiger partial charge in [0, 0.05) is 7.05 Å². The number of ether oxygens (including phenoxy) is 1. The van der Waals surface area contributed by atoms with Gasteiger partial charge in [0.25, 0.3) is 0 Å². The summed E-state index contributed by atoms with van der Waals surface area (Å²) in [6.45, 7) is 2.25. The van der Waals surface area contributed by atoms with Crippen molar-refractivity contribution in [1.82, 2.24) is 29.8 Å². The SMILES string of the molecule is Cn1c(C2=CCC3(CCNCC3)CC2)c(-c2ncc(OC3CC3)cn2)c2c(N)ncnc21. The molecule has 0 atom stereocenters. The first-order valence-corrected chi connectivity index (χ1v) is 11.6. The van der Waals surface area contributed by atoms with Gasteiger partial charge in [-0.2, -0.15) is 0 Å². The number of fused-ring (bicyclic) bond motifs is 1. The number of piperidine rings is 1. The van der Waals surface area contributed by atoms with Crippen LogP contribution in [0.15, 0.2) is 24.8 Å². The summed E-state index contributed by atoms with van der Waals surface area (Å²) in [7, 11) is 2.05. The highest BCUT2D eigenvalue weighted by Crippen LogP contribution is 2.47. The van der Waals surface area contributed by atoms with Gasteiger partial charge in [-0.15, -0.1) is 0 Å². The lowest BCUT2D eigenvalue weighted by Gasteiger charge is -2.40. The number of hydrogen-bond donors (Lipinski definition) is 2. The van der Waals surface area contributed by atoms with Crippen molar-refractivity contribution in [3.05, 3.63) is 30.5 Å². The smallest absolute Gasteiger partial charge is 0.162 e. The normalized spacial score (nSPS) is 20.5. The lowest BCUT2D eigenvalue weighted by atomic mass is 9.68. The largest absolute Gasteiger partial charge is 0.487 e. The van der Waals surface area contributed by atoms with E-state index in [2.05, 4.69) is 35.9 Å². The molecule has 2 fully saturated rings. The molecule has 1 aliphatic heterocycles. The Hall–Kier alpha value is -3.00. The summed E-state index contributed by atoms with van der Waals surface area (Å²) in [4.78, 5) is 18.2. The Kier molecular flexibility index (Phi) is 4.64. The van der Waals surface area contributed by atoms with Crippen LogP contribution < -0.4 is 15.8 Å². The van der Waals surface area contributed by atoms with Crippen molar-refractivity contribution < 1.29 is 4.74 Å². The van der Waals surface area contributed by atoms with Gasteiger partial charge in [-0.05, 0) is 69.0 Å². The molecule has 0 radical (unpaired) electrons. The van der Waals surface area contributed by atoms with Gasteiger partial charge >= 0.3 is 0 Å². The van der Waals surface area contributed by atoms with Crippen molar-refractivity contribution in [2.24, 2.45) is 12.5 Å². The summed E-state index contributed by atoms with van der Waals surface area (Å²) in [5.41, 5.74) is 11.0. The van der Waals surface area contributed by atoms with Crippen molar-refractivity contribution in [3.8, 4) is 17.1 Å². The predicted octanol–water partition coefficient (Wildman–Crippen LogP) is 3.49. The number of nitrogens with zero attached hydrogens (tertiary/aromatic N) is 5. The lowest BCUT2D eigenvalue weighted by molar-refractivity contribution is 0.184. The Balaban J connectivity index is 1.45. The molecular weight excluding hydrogens is 402 g/mol. The number of rotatable bonds is 4. The highest BCUT2D eigenvalue weighted by Gasteiger charge is 2.35. The highest BCUT2D eigenvalue weighted by atomic mass is 16.5. The van der Waals surface area contributed by atoms with Crippen molar-refractivity contribution >= 4 is 22.4 Å². The first-order valence-electron chi connectivity index (χ1n) is 11.6. The summed E-state index contributed by atoms with van der Waals surface area (Å²) in [6, 6.07) is 0. The molecule has 4 heterocycles. The van der Waals surface area contributed by atoms with Crippen molar-refractivity contribution in [2.75, 3.05) is 18.8 Å². The van der Waals surface area contributed by atoms with Crippen molar-refractivity contribution in [3.63, 3.8) is 0 Å². The number of allylic oxidation sites excluding steroid dienone is 2. The Morgan fingerprint density at radius 1 is 1.09 bits per heavy atom. The third-order valence-electron chi connectivity index (χ3n) is 7.35. The molecular formula is C24H29N7O. The van der Waals surface area contributed by atoms with E-state index in [1.807, 2.05) is 7.05 Å². The second kappa shape index (κ2) is 7.55. The third kappa shape index (κ3) is 3.33. The van der Waals surface area contributed by atoms with Crippen LogP contribution >= 0.6 is 0 Å². The molecule has 166 valence electrons. The molecule has 0 aromatic carbocycles. The average molecular weight is 432 g/mol. The predicted molar refractivity (Wildman–Crippen MR) is 124 cm³/mol. The van der Waals surface area contributed by atoms with Gasteiger partial charge in [0.2, 0.25) is 0 Å². The first-order chi connectivity index (χ1) is 15.6. The maximum atomic E-state index is 6.35. The second-order valence-electron chi connectivity index (χ2n) is 9.48. The summed E-state index contributed by atoms with van der Waals surface area (Å²) >= 11 is 0. The van der Waals surface area contributed by atoms with Gasteiger partial charge in [0.1, 0.15) is 17.8 Å². The van der Waals surface area contributed by atoms with Crippen LogP contribution in [0.25, 0.3) is 28.0 Å². The minimum Gasteiger partial charge on any atom is -0.487 e. The summed E-state index contributed by atoms with van der Waals surface area (Å²) < 4.78 is 7.98. The van der Waals surface area contributed by atoms with Crippen molar-refractivity contribution in [1.29, 1.82) is 0 Å². The summed E-state index contributed by atoms with van der Waals surface area (Å²) in [5.74, 6) is 1.81. The number of aryl methyl sites for hydroxylation is 1. The first kappa shape index (κ1) is 19.7. The number of nitrogen functional groups attached to an aromatic ring is 1. The van der Waals surface area contributed by atoms with Crippen molar-refractivity contribution in [2.45, 2.75) is 51.0 Å². The number of aromatic nitrogens is 5. The molecule has 8 nitrogen and oxygen atoms in total. The zero-order valence-electron chi connectivity index (χ0n) is 18.5. The van der Waals surface area contributed by atoms with Crippen LogP contribution in [0.4, 0.5) is 5.82 Å². The molecule has 1 spiro atoms. The number of nitrogens with one attached hydrogen (secondary N) is 1. The van der Waals surface area contributed by atoms with Crippen LogP contribution in [0.2, 0.25) is 0 Å². The molecule has 3 N–H and O–H groups in total. The number of hydrogen-bond acceptors (Lipinski definition) is 7. The van der Waals surface area contributed by atoms with E-state index in [1.165, 1.54) is 31.2 Å². The average Bonchev–Trinajstić information content (AvgIpc) is 3.58. The van der Waals surface area contributed by atoms with Gasteiger partial charge in [0.15, 0.2) is 11.6 Å². The molecule has 3 aliphatic rings. The molecule has 8 heteroatoms. The maximum Gasteiger partial charge on any atom is 0.162 e. The van der Waals surface area contributed by atoms with Crippen LogP contribution in [0.5, 0.6) is 5.75 Å². The fraction of sp³-hybridized carbons (Fsp3) is 0.500. The van der Waals surface area contributed by atoms with Gasteiger partial charge in [0.05, 0.1) is 35.1 Å². The van der Waals surface area contributed by atoms with E-state index in [0.29, 0.717) is 28.9 Å². The highest BCUT2D eigenvalue weighted by molar-refractivity contribution is 6.04. The van der Waals surface area contributed by atoms with E-state index in [9.17, 15) is 0 Å². The lowest BCUT2D eigenvalue weighted by Crippen LogP contribution is -2.37. The Labute approximate surface area is 187 Å². The van der Waals surface area contributed by atoms with E-state index in [0.717, 1.165) is 61.1 Å². The molecule has 1 saturated heterocycles. The minimum atomic E-state index is 0.316. The van der Waals surface area contributed by atoms with Crippen LogP contribution in [0, 0.1) is 5.41 Å². The Bertz CT molecular complexity index is 1190. The topological polar surface area (TPSA) is 104 Å². The molecule has 1 saturated carbocycles. The zero-order valence-corrected chi connectivity index (χ0v) is 18.5. The van der Waals surface area contributed by atoms with E-state index in [4.69, 9.17) is 10.5 Å². The third-order valence-corrected chi connectivity index (χ3v) is 7.35. The fourth-order valence-corrected chi connectivity index (χ4v) is 5.32. The van der Waals surface area contributed by atoms with Crippen LogP contribution in [-0.2, 0) is 7.05 Å². The van der Waals surface area contributed by atoms with E-state index < -0.39 is 0 Å². The standard InChI is InChI=1S/C24H29N7O/c1-31-20(15-4-6-24(7-5-15)8-10-26-11-9-24)18(19-21(25)29-14-30-23(19)31)22-27-12-17(13-28-22)32-16-2-3-16/h4,12-14,16,26H,2-3,5-11H2,1H3,(H2,25,29,30). The molecule has 2 aliphatic carbocycles. The number of nitrogens with two attached hydrogens (primary N) is 1. The second-order valence-corrected chi connectivity index (χ2v) is 9.48. The van der Waals surface area contributed by atoms with Crippen LogP contribution in [-0.4, -0.2) is 43.7 Å². The molecule has 6 rings (SSSR count). The summed E-state index contributed by atoms with van der Waals surface area (Å²) in [5, 5.41) is 4.33. The molecule has 3 aromatic rings. The van der Waals surface area contributed by atoms with Gasteiger partial charge < -0.3 is 20.4 Å². The van der Waals surface area contributed by atoms with E-state index in [1.54, 1.807) is 12.4 Å². The van der Waals surface area contributed by atoms with Gasteiger partial charge in [-0.1, -0.05) is 6.08 Å². The zero-order chi connectivity index (χ0) is 21.7. The minimum absolute atomic E-state index is 0.316. The molecule has 3 aromatic heterocycles. The molecule has 0 amide bonds. The number of anilines is 1. The molecule has 0 bridgehead atoms. The van der Waals surface area contributed by atoms with Crippen LogP contribution in [0.3, 0.4) is 0 Å². The van der Waals surface area contributed by atoms with E-state index >= 15 is 0 Å². The fourth-order valence-electron chi connectivity index (χ4n) is 5.32. The Morgan fingerprint density at radius 3 is 2.56 bits per heavy atom. The summed E-state index contributed by atoms with van der Waals surface area (Å²) in [6.07, 6.45) is 15.9. The van der Waals surface area contributed by atoms with Gasteiger partial charge in [-0.25, -0.2) is 19.9 Å². The van der Waals surface area contributed by atoms with Gasteiger partial charge in [-0.3, -0.25) is 0 Å². The maximum absolute atomic E-state index is 6.35. The quantitative estimate of drug-likeness (QED) is 0.652. The monoisotopic (exact) mass is 431 g/mol. The molecule has 32 heavy (non-hydrogen) atoms.